The lowest BCUT2D eigenvalue weighted by molar-refractivity contribution is -0.153. The molecule has 0 aromatic rings. The molecule has 1 N–H and O–H groups in total. The van der Waals surface area contributed by atoms with Gasteiger partial charge in [0.2, 0.25) is 0 Å². The molecular formula is C10H20O3. The fourth-order valence-electron chi connectivity index (χ4n) is 1.11. The fraction of sp³-hybridized carbons (Fsp3) is 0.900. The van der Waals surface area contributed by atoms with Gasteiger partial charge in [-0.2, -0.15) is 0 Å². The topological polar surface area (TPSA) is 46.5 Å². The van der Waals surface area contributed by atoms with Crippen molar-refractivity contribution in [2.45, 2.75) is 46.1 Å². The van der Waals surface area contributed by atoms with Crippen molar-refractivity contribution in [3.05, 3.63) is 0 Å². The maximum atomic E-state index is 10.7. The largest absolute Gasteiger partial charge is 0.479 e. The maximum Gasteiger partial charge on any atom is 0.333 e. The van der Waals surface area contributed by atoms with Crippen molar-refractivity contribution in [3.63, 3.8) is 0 Å². The van der Waals surface area contributed by atoms with E-state index in [9.17, 15) is 4.79 Å². The normalized spacial score (nSPS) is 13.2. The average molecular weight is 188 g/mol. The number of aliphatic carboxylic acids is 1. The Morgan fingerprint density at radius 1 is 1.38 bits per heavy atom. The minimum atomic E-state index is -0.855. The van der Waals surface area contributed by atoms with Crippen LogP contribution in [0.25, 0.3) is 0 Å². The van der Waals surface area contributed by atoms with Crippen LogP contribution in [-0.2, 0) is 9.53 Å². The van der Waals surface area contributed by atoms with E-state index in [1.807, 2.05) is 13.8 Å². The highest BCUT2D eigenvalue weighted by Crippen LogP contribution is 2.08. The number of unbranched alkanes of at least 4 members (excludes halogenated alkanes) is 2. The summed E-state index contributed by atoms with van der Waals surface area (Å²) in [5, 5.41) is 8.78. The van der Waals surface area contributed by atoms with Crippen molar-refractivity contribution in [1.82, 2.24) is 0 Å². The molecule has 0 radical (unpaired) electrons. The smallest absolute Gasteiger partial charge is 0.333 e. The van der Waals surface area contributed by atoms with Crippen molar-refractivity contribution in [1.29, 1.82) is 0 Å². The van der Waals surface area contributed by atoms with Gasteiger partial charge in [0.25, 0.3) is 0 Å². The zero-order valence-corrected chi connectivity index (χ0v) is 8.75. The molecule has 0 aliphatic rings. The minimum Gasteiger partial charge on any atom is -0.479 e. The minimum absolute atomic E-state index is 0.0409. The van der Waals surface area contributed by atoms with Crippen molar-refractivity contribution in [2.75, 3.05) is 6.61 Å². The molecule has 0 saturated heterocycles. The first-order chi connectivity index (χ1) is 6.09. The van der Waals surface area contributed by atoms with E-state index in [4.69, 9.17) is 9.84 Å². The predicted molar refractivity (Wildman–Crippen MR) is 51.7 cm³/mol. The molecule has 0 heterocycles. The van der Waals surface area contributed by atoms with Crippen LogP contribution < -0.4 is 0 Å². The Bertz CT molecular complexity index is 143. The Kier molecular flexibility index (Phi) is 6.59. The number of rotatable bonds is 7. The van der Waals surface area contributed by atoms with E-state index in [1.54, 1.807) is 0 Å². The molecule has 0 aliphatic heterocycles. The van der Waals surface area contributed by atoms with Crippen molar-refractivity contribution in [3.8, 4) is 0 Å². The lowest BCUT2D eigenvalue weighted by Gasteiger charge is -2.16. The van der Waals surface area contributed by atoms with E-state index in [-0.39, 0.29) is 5.92 Å². The van der Waals surface area contributed by atoms with Gasteiger partial charge in [-0.05, 0) is 12.3 Å². The monoisotopic (exact) mass is 188 g/mol. The quantitative estimate of drug-likeness (QED) is 0.623. The average Bonchev–Trinajstić information content (AvgIpc) is 2.02. The molecule has 3 heteroatoms. The van der Waals surface area contributed by atoms with Gasteiger partial charge >= 0.3 is 5.97 Å². The van der Waals surface area contributed by atoms with Gasteiger partial charge in [-0.1, -0.05) is 33.6 Å². The van der Waals surface area contributed by atoms with Gasteiger partial charge in [-0.3, -0.25) is 0 Å². The van der Waals surface area contributed by atoms with E-state index in [1.165, 1.54) is 0 Å². The van der Waals surface area contributed by atoms with Crippen LogP contribution >= 0.6 is 0 Å². The van der Waals surface area contributed by atoms with Crippen LogP contribution in [0.3, 0.4) is 0 Å². The Morgan fingerprint density at radius 2 is 2.00 bits per heavy atom. The zero-order chi connectivity index (χ0) is 10.3. The lowest BCUT2D eigenvalue weighted by atomic mass is 10.1. The number of ether oxygens (including phenoxy) is 1. The Morgan fingerprint density at radius 3 is 2.38 bits per heavy atom. The van der Waals surface area contributed by atoms with Crippen molar-refractivity contribution in [2.24, 2.45) is 5.92 Å². The van der Waals surface area contributed by atoms with Crippen LogP contribution in [0.15, 0.2) is 0 Å². The number of hydrogen-bond donors (Lipinski definition) is 1. The van der Waals surface area contributed by atoms with Crippen molar-refractivity contribution < 1.29 is 14.6 Å². The van der Waals surface area contributed by atoms with Crippen LogP contribution in [0.2, 0.25) is 0 Å². The summed E-state index contributed by atoms with van der Waals surface area (Å²) in [6, 6.07) is 0. The molecule has 0 bridgehead atoms. The third-order valence-electron chi connectivity index (χ3n) is 1.89. The first-order valence-corrected chi connectivity index (χ1v) is 4.94. The van der Waals surface area contributed by atoms with Gasteiger partial charge in [-0.25, -0.2) is 4.79 Å². The molecule has 0 fully saturated rings. The van der Waals surface area contributed by atoms with Gasteiger partial charge in [-0.15, -0.1) is 0 Å². The molecule has 0 aromatic heterocycles. The molecule has 0 aliphatic carbocycles. The second-order valence-electron chi connectivity index (χ2n) is 3.58. The van der Waals surface area contributed by atoms with E-state index in [0.717, 1.165) is 19.3 Å². The van der Waals surface area contributed by atoms with Gasteiger partial charge in [0, 0.05) is 6.61 Å². The molecule has 0 spiro atoms. The Hall–Kier alpha value is -0.570. The highest BCUT2D eigenvalue weighted by atomic mass is 16.5. The highest BCUT2D eigenvalue weighted by Gasteiger charge is 2.21. The summed E-state index contributed by atoms with van der Waals surface area (Å²) in [4.78, 5) is 10.7. The molecule has 0 saturated carbocycles. The summed E-state index contributed by atoms with van der Waals surface area (Å²) in [7, 11) is 0. The molecular weight excluding hydrogens is 168 g/mol. The Labute approximate surface area is 80.1 Å². The van der Waals surface area contributed by atoms with Gasteiger partial charge < -0.3 is 9.84 Å². The third kappa shape index (κ3) is 5.64. The molecule has 0 rings (SSSR count). The summed E-state index contributed by atoms with van der Waals surface area (Å²) in [6.07, 6.45) is 2.54. The standard InChI is InChI=1S/C10H20O3/c1-4-5-6-7-13-9(8(2)3)10(11)12/h8-9H,4-7H2,1-3H3,(H,11,12). The van der Waals surface area contributed by atoms with Crippen LogP contribution in [0.4, 0.5) is 0 Å². The summed E-state index contributed by atoms with van der Waals surface area (Å²) >= 11 is 0. The van der Waals surface area contributed by atoms with Gasteiger partial charge in [0.15, 0.2) is 6.10 Å². The van der Waals surface area contributed by atoms with Crippen LogP contribution in [0.5, 0.6) is 0 Å². The summed E-state index contributed by atoms with van der Waals surface area (Å²) < 4.78 is 5.27. The predicted octanol–water partition coefficient (Wildman–Crippen LogP) is 2.30. The van der Waals surface area contributed by atoms with Gasteiger partial charge in [0.1, 0.15) is 0 Å². The SMILES string of the molecule is CCCCCOC(C(=O)O)C(C)C. The molecule has 0 amide bonds. The zero-order valence-electron chi connectivity index (χ0n) is 8.75. The number of carboxylic acids is 1. The summed E-state index contributed by atoms with van der Waals surface area (Å²) in [5.41, 5.74) is 0. The number of hydrogen-bond acceptors (Lipinski definition) is 2. The molecule has 3 nitrogen and oxygen atoms in total. The van der Waals surface area contributed by atoms with E-state index in [2.05, 4.69) is 6.92 Å². The molecule has 1 atom stereocenters. The van der Waals surface area contributed by atoms with E-state index < -0.39 is 12.1 Å². The molecule has 13 heavy (non-hydrogen) atoms. The third-order valence-corrected chi connectivity index (χ3v) is 1.89. The maximum absolute atomic E-state index is 10.7. The number of carbonyl (C=O) groups is 1. The van der Waals surface area contributed by atoms with Gasteiger partial charge in [0.05, 0.1) is 0 Å². The number of carboxylic acid groups (broad SMARTS) is 1. The summed E-state index contributed by atoms with van der Waals surface area (Å²) in [6.45, 7) is 6.39. The van der Waals surface area contributed by atoms with Crippen LogP contribution in [0.1, 0.15) is 40.0 Å². The highest BCUT2D eigenvalue weighted by molar-refractivity contribution is 5.72. The molecule has 1 unspecified atom stereocenters. The first-order valence-electron chi connectivity index (χ1n) is 4.94. The Balaban J connectivity index is 3.64. The van der Waals surface area contributed by atoms with Crippen LogP contribution in [0, 0.1) is 5.92 Å². The summed E-state index contributed by atoms with van der Waals surface area (Å²) in [5.74, 6) is -0.814. The van der Waals surface area contributed by atoms with Crippen molar-refractivity contribution >= 4 is 5.97 Å². The second kappa shape index (κ2) is 6.89. The lowest BCUT2D eigenvalue weighted by Crippen LogP contribution is -2.29. The van der Waals surface area contributed by atoms with E-state index >= 15 is 0 Å². The molecule has 78 valence electrons. The second-order valence-corrected chi connectivity index (χ2v) is 3.58. The van der Waals surface area contributed by atoms with Crippen LogP contribution in [-0.4, -0.2) is 23.8 Å². The van der Waals surface area contributed by atoms with E-state index in [0.29, 0.717) is 6.61 Å². The molecule has 0 aromatic carbocycles. The first kappa shape index (κ1) is 12.4. The fourth-order valence-corrected chi connectivity index (χ4v) is 1.11.